The molecule has 0 unspecified atom stereocenters. The van der Waals surface area contributed by atoms with E-state index in [1.807, 2.05) is 11.7 Å². The molecule has 0 aliphatic heterocycles. The molecular weight excluding hydrogens is 224 g/mol. The van der Waals surface area contributed by atoms with Gasteiger partial charge in [0, 0.05) is 13.1 Å². The van der Waals surface area contributed by atoms with Crippen LogP contribution in [0.4, 0.5) is 0 Å². The summed E-state index contributed by atoms with van der Waals surface area (Å²) in [4.78, 5) is 4.63. The minimum Gasteiger partial charge on any atom is -0.309 e. The van der Waals surface area contributed by atoms with Gasteiger partial charge in [0.2, 0.25) is 0 Å². The van der Waals surface area contributed by atoms with Crippen LogP contribution >= 0.6 is 11.6 Å². The summed E-state index contributed by atoms with van der Waals surface area (Å²) in [5.74, 6) is 1.47. The van der Waals surface area contributed by atoms with Gasteiger partial charge in [-0.2, -0.15) is 5.10 Å². The quantitative estimate of drug-likeness (QED) is 0.770. The molecule has 5 heteroatoms. The predicted molar refractivity (Wildman–Crippen MR) is 63.7 cm³/mol. The van der Waals surface area contributed by atoms with Crippen molar-refractivity contribution in [1.29, 1.82) is 0 Å². The molecule has 2 aromatic heterocycles. The molecule has 0 bridgehead atoms. The third-order valence-electron chi connectivity index (χ3n) is 3.18. The summed E-state index contributed by atoms with van der Waals surface area (Å²) >= 11 is 5.97. The fourth-order valence-corrected chi connectivity index (χ4v) is 2.49. The summed E-state index contributed by atoms with van der Waals surface area (Å²) in [6, 6.07) is 0.596. The molecule has 1 aliphatic carbocycles. The molecule has 0 atom stereocenters. The lowest BCUT2D eigenvalue weighted by molar-refractivity contribution is 0.671. The molecular formula is C11H15ClN4. The number of aryl methyl sites for hydroxylation is 2. The van der Waals surface area contributed by atoms with E-state index in [0.717, 1.165) is 29.1 Å². The van der Waals surface area contributed by atoms with Crippen LogP contribution in [0.25, 0.3) is 11.2 Å². The smallest absolute Gasteiger partial charge is 0.158 e. The summed E-state index contributed by atoms with van der Waals surface area (Å²) in [5.41, 5.74) is 3.24. The van der Waals surface area contributed by atoms with Crippen LogP contribution in [0.3, 0.4) is 0 Å². The number of alkyl halides is 1. The van der Waals surface area contributed by atoms with E-state index in [-0.39, 0.29) is 0 Å². The second-order valence-corrected chi connectivity index (χ2v) is 4.63. The minimum atomic E-state index is 0.480. The number of imidazole rings is 1. The summed E-state index contributed by atoms with van der Waals surface area (Å²) < 4.78 is 4.21. The van der Waals surface area contributed by atoms with E-state index in [0.29, 0.717) is 11.9 Å². The monoisotopic (exact) mass is 238 g/mol. The maximum atomic E-state index is 5.97. The Labute approximate surface area is 99.2 Å². The standard InChI is InChI=1S/C11H15ClN4/c1-3-8-10-11(15(2)14-8)16(7-4-5-7)9(6-12)13-10/h7H,3-6H2,1-2H3. The van der Waals surface area contributed by atoms with E-state index < -0.39 is 0 Å². The van der Waals surface area contributed by atoms with Gasteiger partial charge < -0.3 is 4.57 Å². The van der Waals surface area contributed by atoms with Crippen LogP contribution in [0.15, 0.2) is 0 Å². The van der Waals surface area contributed by atoms with Crippen LogP contribution in [0.5, 0.6) is 0 Å². The highest BCUT2D eigenvalue weighted by molar-refractivity contribution is 6.16. The van der Waals surface area contributed by atoms with Gasteiger partial charge in [0.05, 0.1) is 11.6 Å². The number of rotatable bonds is 3. The van der Waals surface area contributed by atoms with Gasteiger partial charge in [-0.3, -0.25) is 4.68 Å². The molecule has 16 heavy (non-hydrogen) atoms. The molecule has 0 saturated heterocycles. The Kier molecular flexibility index (Phi) is 2.21. The Balaban J connectivity index is 2.30. The molecule has 0 N–H and O–H groups in total. The van der Waals surface area contributed by atoms with Gasteiger partial charge in [0.1, 0.15) is 11.3 Å². The van der Waals surface area contributed by atoms with Crippen LogP contribution in [0.2, 0.25) is 0 Å². The van der Waals surface area contributed by atoms with Gasteiger partial charge in [0.25, 0.3) is 0 Å². The van der Waals surface area contributed by atoms with Crippen molar-refractivity contribution in [2.75, 3.05) is 0 Å². The van der Waals surface area contributed by atoms with Crippen molar-refractivity contribution in [2.24, 2.45) is 7.05 Å². The lowest BCUT2D eigenvalue weighted by atomic mass is 10.3. The third-order valence-corrected chi connectivity index (χ3v) is 3.41. The highest BCUT2D eigenvalue weighted by Crippen LogP contribution is 2.39. The first-order valence-corrected chi connectivity index (χ1v) is 6.28. The second kappa shape index (κ2) is 3.48. The zero-order chi connectivity index (χ0) is 11.3. The van der Waals surface area contributed by atoms with Crippen molar-refractivity contribution >= 4 is 22.8 Å². The molecule has 1 saturated carbocycles. The maximum Gasteiger partial charge on any atom is 0.158 e. The van der Waals surface area contributed by atoms with Gasteiger partial charge in [-0.05, 0) is 19.3 Å². The summed E-state index contributed by atoms with van der Waals surface area (Å²) in [6.45, 7) is 2.11. The maximum absolute atomic E-state index is 5.97. The van der Waals surface area contributed by atoms with Crippen molar-refractivity contribution in [1.82, 2.24) is 19.3 Å². The highest BCUT2D eigenvalue weighted by atomic mass is 35.5. The van der Waals surface area contributed by atoms with E-state index >= 15 is 0 Å². The number of nitrogens with zero attached hydrogens (tertiary/aromatic N) is 4. The number of hydrogen-bond donors (Lipinski definition) is 0. The van der Waals surface area contributed by atoms with Gasteiger partial charge in [0.15, 0.2) is 5.65 Å². The second-order valence-electron chi connectivity index (χ2n) is 4.36. The first-order valence-electron chi connectivity index (χ1n) is 5.75. The van der Waals surface area contributed by atoms with E-state index in [1.165, 1.54) is 12.8 Å². The van der Waals surface area contributed by atoms with Crippen LogP contribution in [-0.2, 0) is 19.3 Å². The Bertz CT molecular complexity index is 536. The molecule has 1 fully saturated rings. The molecule has 4 nitrogen and oxygen atoms in total. The van der Waals surface area contributed by atoms with E-state index in [1.54, 1.807) is 0 Å². The number of fused-ring (bicyclic) bond motifs is 1. The van der Waals surface area contributed by atoms with Gasteiger partial charge in [-0.1, -0.05) is 6.92 Å². The zero-order valence-electron chi connectivity index (χ0n) is 9.57. The molecule has 2 heterocycles. The predicted octanol–water partition coefficient (Wildman–Crippen LogP) is 2.41. The normalized spacial score (nSPS) is 16.2. The van der Waals surface area contributed by atoms with E-state index in [4.69, 9.17) is 11.6 Å². The number of halogens is 1. The van der Waals surface area contributed by atoms with E-state index in [9.17, 15) is 0 Å². The van der Waals surface area contributed by atoms with Crippen LogP contribution in [-0.4, -0.2) is 19.3 Å². The fraction of sp³-hybridized carbons (Fsp3) is 0.636. The summed E-state index contributed by atoms with van der Waals surface area (Å²) in [7, 11) is 1.99. The third kappa shape index (κ3) is 1.29. The molecule has 0 radical (unpaired) electrons. The molecule has 0 amide bonds. The molecule has 0 spiro atoms. The SMILES string of the molecule is CCc1nn(C)c2c1nc(CCl)n2C1CC1. The Morgan fingerprint density at radius 1 is 1.44 bits per heavy atom. The molecule has 0 aromatic carbocycles. The first-order chi connectivity index (χ1) is 7.76. The Morgan fingerprint density at radius 3 is 2.75 bits per heavy atom. The fourth-order valence-electron chi connectivity index (χ4n) is 2.30. The topological polar surface area (TPSA) is 35.6 Å². The first kappa shape index (κ1) is 10.1. The molecule has 3 rings (SSSR count). The van der Waals surface area contributed by atoms with Crippen molar-refractivity contribution in [3.8, 4) is 0 Å². The summed E-state index contributed by atoms with van der Waals surface area (Å²) in [6.07, 6.45) is 3.39. The van der Waals surface area contributed by atoms with Crippen LogP contribution in [0.1, 0.15) is 37.3 Å². The molecule has 1 aliphatic rings. The Morgan fingerprint density at radius 2 is 2.19 bits per heavy atom. The van der Waals surface area contributed by atoms with Crippen molar-refractivity contribution in [3.63, 3.8) is 0 Å². The lowest BCUT2D eigenvalue weighted by Gasteiger charge is -2.05. The largest absolute Gasteiger partial charge is 0.309 e. The van der Waals surface area contributed by atoms with Crippen LogP contribution < -0.4 is 0 Å². The minimum absolute atomic E-state index is 0.480. The average Bonchev–Trinajstić information content (AvgIpc) is 2.97. The van der Waals surface area contributed by atoms with Gasteiger partial charge >= 0.3 is 0 Å². The Hall–Kier alpha value is -1.03. The van der Waals surface area contributed by atoms with Crippen LogP contribution in [0, 0.1) is 0 Å². The van der Waals surface area contributed by atoms with Crippen molar-refractivity contribution < 1.29 is 0 Å². The van der Waals surface area contributed by atoms with Gasteiger partial charge in [-0.25, -0.2) is 4.98 Å². The van der Waals surface area contributed by atoms with Crippen molar-refractivity contribution in [2.45, 2.75) is 38.1 Å². The summed E-state index contributed by atoms with van der Waals surface area (Å²) in [5, 5.41) is 4.50. The number of hydrogen-bond acceptors (Lipinski definition) is 2. The number of aromatic nitrogens is 4. The van der Waals surface area contributed by atoms with E-state index in [2.05, 4.69) is 21.6 Å². The zero-order valence-corrected chi connectivity index (χ0v) is 10.3. The average molecular weight is 239 g/mol. The lowest BCUT2D eigenvalue weighted by Crippen LogP contribution is -2.04. The van der Waals surface area contributed by atoms with Gasteiger partial charge in [-0.15, -0.1) is 11.6 Å². The highest BCUT2D eigenvalue weighted by Gasteiger charge is 2.30. The molecule has 2 aromatic rings. The molecule has 86 valence electrons. The van der Waals surface area contributed by atoms with Crippen molar-refractivity contribution in [3.05, 3.63) is 11.5 Å².